The Labute approximate surface area is 165 Å². The van der Waals surface area contributed by atoms with E-state index in [0.717, 1.165) is 19.5 Å². The summed E-state index contributed by atoms with van der Waals surface area (Å²) in [4.78, 5) is 14.9. The Balaban J connectivity index is 1.50. The number of benzene rings is 2. The first kappa shape index (κ1) is 18.7. The van der Waals surface area contributed by atoms with Gasteiger partial charge in [0.25, 0.3) is 15.9 Å². The number of amidine groups is 1. The Morgan fingerprint density at radius 3 is 2.54 bits per heavy atom. The molecule has 1 saturated carbocycles. The van der Waals surface area contributed by atoms with Crippen LogP contribution in [0.5, 0.6) is 0 Å². The molecule has 146 valence electrons. The smallest absolute Gasteiger partial charge is 0.285 e. The average molecular weight is 398 g/mol. The number of anilines is 1. The van der Waals surface area contributed by atoms with Crippen LogP contribution in [0, 0.1) is 5.92 Å². The molecular formula is C21H23N3O3S. The number of amides is 1. The van der Waals surface area contributed by atoms with E-state index in [0.29, 0.717) is 28.6 Å². The molecule has 1 aliphatic carbocycles. The molecule has 2 aliphatic rings. The van der Waals surface area contributed by atoms with Crippen LogP contribution in [0.3, 0.4) is 0 Å². The molecule has 0 spiro atoms. The summed E-state index contributed by atoms with van der Waals surface area (Å²) in [6.45, 7) is 3.67. The first-order valence-corrected chi connectivity index (χ1v) is 11.0. The fourth-order valence-electron chi connectivity index (χ4n) is 3.37. The lowest BCUT2D eigenvalue weighted by molar-refractivity contribution is 0.0747. The van der Waals surface area contributed by atoms with Gasteiger partial charge in [-0.3, -0.25) is 4.79 Å². The van der Waals surface area contributed by atoms with Crippen molar-refractivity contribution in [2.45, 2.75) is 31.1 Å². The lowest BCUT2D eigenvalue weighted by atomic mass is 10.1. The molecule has 1 aliphatic heterocycles. The number of hydrogen-bond acceptors (Lipinski definition) is 4. The van der Waals surface area contributed by atoms with Gasteiger partial charge in [-0.15, -0.1) is 4.40 Å². The SMILES string of the molecule is CCCN(CC1CC1)C(=O)c1ccc(NC2=NS(=O)(=O)c3ccccc32)cc1. The minimum Gasteiger partial charge on any atom is -0.339 e. The minimum absolute atomic E-state index is 0.0476. The normalized spacial score (nSPS) is 17.0. The van der Waals surface area contributed by atoms with Gasteiger partial charge in [-0.25, -0.2) is 0 Å². The second-order valence-corrected chi connectivity index (χ2v) is 8.88. The lowest BCUT2D eigenvalue weighted by Gasteiger charge is -2.22. The Morgan fingerprint density at radius 2 is 1.86 bits per heavy atom. The van der Waals surface area contributed by atoms with Crippen molar-refractivity contribution in [1.82, 2.24) is 4.90 Å². The molecule has 0 unspecified atom stereocenters. The topological polar surface area (TPSA) is 78.8 Å². The van der Waals surface area contributed by atoms with Crippen LogP contribution in [0.4, 0.5) is 5.69 Å². The van der Waals surface area contributed by atoms with Crippen molar-refractivity contribution in [3.8, 4) is 0 Å². The van der Waals surface area contributed by atoms with Crippen LogP contribution in [-0.2, 0) is 10.0 Å². The molecule has 4 rings (SSSR count). The van der Waals surface area contributed by atoms with Crippen molar-refractivity contribution >= 4 is 27.5 Å². The monoisotopic (exact) mass is 397 g/mol. The molecule has 0 saturated heterocycles. The van der Waals surface area contributed by atoms with Crippen LogP contribution in [-0.4, -0.2) is 38.2 Å². The van der Waals surface area contributed by atoms with Crippen LogP contribution in [0.25, 0.3) is 0 Å². The van der Waals surface area contributed by atoms with Gasteiger partial charge in [0.15, 0.2) is 5.84 Å². The summed E-state index contributed by atoms with van der Waals surface area (Å²) in [7, 11) is -3.66. The molecule has 0 bridgehead atoms. The van der Waals surface area contributed by atoms with Crippen LogP contribution >= 0.6 is 0 Å². The molecule has 0 radical (unpaired) electrons. The minimum atomic E-state index is -3.66. The van der Waals surface area contributed by atoms with Crippen molar-refractivity contribution in [3.63, 3.8) is 0 Å². The Hall–Kier alpha value is -2.67. The number of carbonyl (C=O) groups is 1. The van der Waals surface area contributed by atoms with Crippen LogP contribution in [0.2, 0.25) is 0 Å². The van der Waals surface area contributed by atoms with Crippen molar-refractivity contribution < 1.29 is 13.2 Å². The molecule has 1 N–H and O–H groups in total. The van der Waals surface area contributed by atoms with Crippen molar-refractivity contribution in [3.05, 3.63) is 59.7 Å². The molecule has 2 aromatic carbocycles. The molecule has 1 heterocycles. The van der Waals surface area contributed by atoms with E-state index >= 15 is 0 Å². The second-order valence-electron chi connectivity index (χ2n) is 7.31. The third kappa shape index (κ3) is 3.80. The highest BCUT2D eigenvalue weighted by Crippen LogP contribution is 2.30. The van der Waals surface area contributed by atoms with Crippen LogP contribution in [0.15, 0.2) is 57.8 Å². The first-order valence-electron chi connectivity index (χ1n) is 9.58. The summed E-state index contributed by atoms with van der Waals surface area (Å²) in [6.07, 6.45) is 3.36. The first-order chi connectivity index (χ1) is 13.5. The fraction of sp³-hybridized carbons (Fsp3) is 0.333. The summed E-state index contributed by atoms with van der Waals surface area (Å²) in [5.41, 5.74) is 1.88. The van der Waals surface area contributed by atoms with E-state index in [9.17, 15) is 13.2 Å². The number of sulfonamides is 1. The number of nitrogens with zero attached hydrogens (tertiary/aromatic N) is 2. The van der Waals surface area contributed by atoms with Gasteiger partial charge in [0.05, 0.1) is 0 Å². The van der Waals surface area contributed by atoms with Gasteiger partial charge >= 0.3 is 0 Å². The molecule has 0 atom stereocenters. The molecule has 0 aromatic heterocycles. The number of carbonyl (C=O) groups excluding carboxylic acids is 1. The number of nitrogens with one attached hydrogen (secondary N) is 1. The van der Waals surface area contributed by atoms with E-state index in [-0.39, 0.29) is 10.8 Å². The summed E-state index contributed by atoms with van der Waals surface area (Å²) in [5.74, 6) is 1.00. The zero-order chi connectivity index (χ0) is 19.7. The summed E-state index contributed by atoms with van der Waals surface area (Å²) in [5, 5.41) is 3.06. The molecule has 6 nitrogen and oxygen atoms in total. The maximum atomic E-state index is 12.8. The van der Waals surface area contributed by atoms with Gasteiger partial charge in [0.1, 0.15) is 4.90 Å². The van der Waals surface area contributed by atoms with Gasteiger partial charge < -0.3 is 10.2 Å². The highest BCUT2D eigenvalue weighted by molar-refractivity contribution is 7.90. The van der Waals surface area contributed by atoms with Crippen molar-refractivity contribution in [1.29, 1.82) is 0 Å². The molecule has 1 amide bonds. The Kier molecular flexibility index (Phi) is 4.93. The Bertz CT molecular complexity index is 1030. The molecule has 1 fully saturated rings. The predicted octanol–water partition coefficient (Wildman–Crippen LogP) is 3.51. The molecule has 2 aromatic rings. The predicted molar refractivity (Wildman–Crippen MR) is 109 cm³/mol. The van der Waals surface area contributed by atoms with E-state index in [1.807, 2.05) is 4.90 Å². The highest BCUT2D eigenvalue weighted by atomic mass is 32.2. The Morgan fingerprint density at radius 1 is 1.14 bits per heavy atom. The van der Waals surface area contributed by atoms with Crippen molar-refractivity contribution in [2.75, 3.05) is 18.4 Å². The number of hydrogen-bond donors (Lipinski definition) is 1. The highest BCUT2D eigenvalue weighted by Gasteiger charge is 2.29. The van der Waals surface area contributed by atoms with E-state index < -0.39 is 10.0 Å². The molecule has 28 heavy (non-hydrogen) atoms. The quantitative estimate of drug-likeness (QED) is 0.809. The van der Waals surface area contributed by atoms with Gasteiger partial charge in [-0.2, -0.15) is 8.42 Å². The summed E-state index contributed by atoms with van der Waals surface area (Å²) in [6, 6.07) is 13.8. The van der Waals surface area contributed by atoms with Crippen molar-refractivity contribution in [2.24, 2.45) is 10.3 Å². The van der Waals surface area contributed by atoms with Gasteiger partial charge in [-0.1, -0.05) is 19.1 Å². The number of fused-ring (bicyclic) bond motifs is 1. The molecular weight excluding hydrogens is 374 g/mol. The van der Waals surface area contributed by atoms with E-state index in [1.54, 1.807) is 48.5 Å². The maximum absolute atomic E-state index is 12.8. The van der Waals surface area contributed by atoms with Crippen LogP contribution in [0.1, 0.15) is 42.1 Å². The zero-order valence-electron chi connectivity index (χ0n) is 15.8. The average Bonchev–Trinajstić information content (AvgIpc) is 3.47. The summed E-state index contributed by atoms with van der Waals surface area (Å²) < 4.78 is 28.1. The van der Waals surface area contributed by atoms with Crippen LogP contribution < -0.4 is 5.32 Å². The van der Waals surface area contributed by atoms with Gasteiger partial charge in [0.2, 0.25) is 0 Å². The maximum Gasteiger partial charge on any atom is 0.285 e. The lowest BCUT2D eigenvalue weighted by Crippen LogP contribution is -2.33. The fourth-order valence-corrected chi connectivity index (χ4v) is 4.54. The van der Waals surface area contributed by atoms with E-state index in [4.69, 9.17) is 0 Å². The largest absolute Gasteiger partial charge is 0.339 e. The van der Waals surface area contributed by atoms with E-state index in [2.05, 4.69) is 16.6 Å². The third-order valence-corrected chi connectivity index (χ3v) is 6.32. The van der Waals surface area contributed by atoms with Gasteiger partial charge in [0, 0.05) is 29.9 Å². The second kappa shape index (κ2) is 7.39. The molecule has 7 heteroatoms. The van der Waals surface area contributed by atoms with E-state index in [1.165, 1.54) is 12.8 Å². The van der Waals surface area contributed by atoms with Gasteiger partial charge in [-0.05, 0) is 61.6 Å². The number of rotatable bonds is 6. The standard InChI is InChI=1S/C21H23N3O3S/c1-2-13-24(14-15-7-8-15)21(25)16-9-11-17(12-10-16)22-20-18-5-3-4-6-19(18)28(26,27)23-20/h3-6,9-12,15H,2,7-8,13-14H2,1H3,(H,22,23). The summed E-state index contributed by atoms with van der Waals surface area (Å²) >= 11 is 0. The third-order valence-electron chi connectivity index (χ3n) is 4.98. The zero-order valence-corrected chi connectivity index (χ0v) is 16.6.